The summed E-state index contributed by atoms with van der Waals surface area (Å²) >= 11 is 0. The van der Waals surface area contributed by atoms with E-state index in [1.165, 1.54) is 18.4 Å². The first-order valence-electron chi connectivity index (χ1n) is 3.46. The van der Waals surface area contributed by atoms with Gasteiger partial charge >= 0.3 is 0 Å². The van der Waals surface area contributed by atoms with Crippen molar-refractivity contribution >= 4 is 16.9 Å². The molecule has 3 heteroatoms. The van der Waals surface area contributed by atoms with Gasteiger partial charge in [0, 0.05) is 5.39 Å². The average molecular weight is 161 g/mol. The van der Waals surface area contributed by atoms with E-state index in [9.17, 15) is 9.90 Å². The van der Waals surface area contributed by atoms with Crippen LogP contribution in [0.1, 0.15) is 10.4 Å². The van der Waals surface area contributed by atoms with Crippen molar-refractivity contribution < 1.29 is 14.3 Å². The van der Waals surface area contributed by atoms with Crippen molar-refractivity contribution in [2.24, 2.45) is 0 Å². The van der Waals surface area contributed by atoms with Crippen molar-refractivity contribution in [3.05, 3.63) is 36.1 Å². The monoisotopic (exact) mass is 161 g/mol. The summed E-state index contributed by atoms with van der Waals surface area (Å²) in [4.78, 5) is 10.4. The zero-order chi connectivity index (χ0) is 8.55. The normalized spacial score (nSPS) is 10.3. The molecule has 60 valence electrons. The summed E-state index contributed by atoms with van der Waals surface area (Å²) in [5, 5.41) is 11.2. The molecule has 0 spiro atoms. The Morgan fingerprint density at radius 3 is 2.92 bits per heavy atom. The van der Waals surface area contributed by atoms with E-state index < -0.39 is 5.97 Å². The first-order valence-corrected chi connectivity index (χ1v) is 3.46. The molecule has 0 saturated heterocycles. The van der Waals surface area contributed by atoms with Crippen molar-refractivity contribution in [3.63, 3.8) is 0 Å². The van der Waals surface area contributed by atoms with Crippen LogP contribution >= 0.6 is 0 Å². The number of furan rings is 1. The lowest BCUT2D eigenvalue weighted by atomic mass is 10.2. The fraction of sp³-hybridized carbons (Fsp3) is 0. The van der Waals surface area contributed by atoms with Gasteiger partial charge in [-0.3, -0.25) is 0 Å². The average Bonchev–Trinajstić information content (AvgIpc) is 2.49. The summed E-state index contributed by atoms with van der Waals surface area (Å²) in [5.74, 6) is -1.17. The third kappa shape index (κ3) is 0.955. The lowest BCUT2D eigenvalue weighted by molar-refractivity contribution is -0.255. The highest BCUT2D eigenvalue weighted by Crippen LogP contribution is 2.16. The third-order valence-corrected chi connectivity index (χ3v) is 1.69. The van der Waals surface area contributed by atoms with Gasteiger partial charge in [0.15, 0.2) is 0 Å². The van der Waals surface area contributed by atoms with Crippen LogP contribution in [-0.4, -0.2) is 5.97 Å². The largest absolute Gasteiger partial charge is 0.545 e. The van der Waals surface area contributed by atoms with E-state index in [2.05, 4.69) is 0 Å². The Hall–Kier alpha value is -1.77. The number of carbonyl (C=O) groups excluding carboxylic acids is 1. The minimum absolute atomic E-state index is 0.170. The van der Waals surface area contributed by atoms with Crippen molar-refractivity contribution in [1.82, 2.24) is 0 Å². The van der Waals surface area contributed by atoms with Gasteiger partial charge in [0.25, 0.3) is 0 Å². The minimum atomic E-state index is -1.17. The van der Waals surface area contributed by atoms with Crippen LogP contribution in [0.4, 0.5) is 0 Å². The predicted molar refractivity (Wildman–Crippen MR) is 40.5 cm³/mol. The second-order valence-corrected chi connectivity index (χ2v) is 2.46. The van der Waals surface area contributed by atoms with Gasteiger partial charge in [-0.2, -0.15) is 0 Å². The van der Waals surface area contributed by atoms with Gasteiger partial charge in [-0.1, -0.05) is 0 Å². The van der Waals surface area contributed by atoms with E-state index in [4.69, 9.17) is 4.42 Å². The molecule has 1 heterocycles. The highest BCUT2D eigenvalue weighted by Gasteiger charge is 1.98. The molecule has 1 aromatic heterocycles. The molecule has 3 nitrogen and oxygen atoms in total. The Labute approximate surface area is 68.2 Å². The maximum absolute atomic E-state index is 10.4. The molecule has 0 aliphatic rings. The molecule has 0 fully saturated rings. The first-order chi connectivity index (χ1) is 5.77. The summed E-state index contributed by atoms with van der Waals surface area (Å²) in [6.07, 6.45) is 1.52. The lowest BCUT2D eigenvalue weighted by Crippen LogP contribution is -2.21. The topological polar surface area (TPSA) is 53.3 Å². The van der Waals surface area contributed by atoms with Gasteiger partial charge in [-0.15, -0.1) is 0 Å². The maximum Gasteiger partial charge on any atom is 0.133 e. The van der Waals surface area contributed by atoms with E-state index in [1.807, 2.05) is 0 Å². The standard InChI is InChI=1S/C9H6O3/c10-9(11)7-1-2-8-6(5-7)3-4-12-8/h1-5H,(H,10,11)/p-1. The third-order valence-electron chi connectivity index (χ3n) is 1.69. The molecule has 0 amide bonds. The number of carboxylic acids is 1. The maximum atomic E-state index is 10.4. The molecule has 2 aromatic rings. The van der Waals surface area contributed by atoms with Crippen molar-refractivity contribution in [2.45, 2.75) is 0 Å². The van der Waals surface area contributed by atoms with E-state index >= 15 is 0 Å². The van der Waals surface area contributed by atoms with Crippen LogP contribution in [0.15, 0.2) is 34.9 Å². The van der Waals surface area contributed by atoms with Crippen molar-refractivity contribution in [2.75, 3.05) is 0 Å². The molecule has 0 aliphatic carbocycles. The number of benzene rings is 1. The smallest absolute Gasteiger partial charge is 0.133 e. The minimum Gasteiger partial charge on any atom is -0.545 e. The summed E-state index contributed by atoms with van der Waals surface area (Å²) in [6, 6.07) is 6.30. The second-order valence-electron chi connectivity index (χ2n) is 2.46. The van der Waals surface area contributed by atoms with Crippen molar-refractivity contribution in [1.29, 1.82) is 0 Å². The van der Waals surface area contributed by atoms with Crippen LogP contribution < -0.4 is 5.11 Å². The Bertz CT molecular complexity index is 428. The van der Waals surface area contributed by atoms with Gasteiger partial charge in [-0.25, -0.2) is 0 Å². The molecule has 0 aliphatic heterocycles. The van der Waals surface area contributed by atoms with E-state index in [1.54, 1.807) is 12.1 Å². The lowest BCUT2D eigenvalue weighted by Gasteiger charge is -1.99. The number of fused-ring (bicyclic) bond motifs is 1. The van der Waals surface area contributed by atoms with E-state index in [-0.39, 0.29) is 5.56 Å². The number of hydrogen-bond acceptors (Lipinski definition) is 3. The molecule has 0 bridgehead atoms. The number of carbonyl (C=O) groups is 1. The van der Waals surface area contributed by atoms with Gasteiger partial charge in [0.05, 0.1) is 12.2 Å². The van der Waals surface area contributed by atoms with Crippen LogP contribution in [0.5, 0.6) is 0 Å². The van der Waals surface area contributed by atoms with Crippen LogP contribution in [0.3, 0.4) is 0 Å². The Kier molecular flexibility index (Phi) is 1.37. The zero-order valence-electron chi connectivity index (χ0n) is 6.11. The van der Waals surface area contributed by atoms with Crippen LogP contribution in [0, 0.1) is 0 Å². The molecule has 1 aromatic carbocycles. The molecule has 0 atom stereocenters. The fourth-order valence-electron chi connectivity index (χ4n) is 1.09. The van der Waals surface area contributed by atoms with E-state index in [0.29, 0.717) is 5.58 Å². The summed E-state index contributed by atoms with van der Waals surface area (Å²) < 4.78 is 5.04. The molecule has 0 unspecified atom stereocenters. The SMILES string of the molecule is O=C([O-])c1ccc2occc2c1. The van der Waals surface area contributed by atoms with Crippen LogP contribution in [0.2, 0.25) is 0 Å². The highest BCUT2D eigenvalue weighted by molar-refractivity contribution is 5.91. The summed E-state index contributed by atoms with van der Waals surface area (Å²) in [6.45, 7) is 0. The summed E-state index contributed by atoms with van der Waals surface area (Å²) in [5.41, 5.74) is 0.851. The number of aromatic carboxylic acids is 1. The molecule has 0 saturated carbocycles. The predicted octanol–water partition coefficient (Wildman–Crippen LogP) is 0.796. The Balaban J connectivity index is 2.68. The molecular formula is C9H5O3-. The van der Waals surface area contributed by atoms with Gasteiger partial charge in [-0.05, 0) is 29.8 Å². The number of hydrogen-bond donors (Lipinski definition) is 0. The number of rotatable bonds is 1. The Morgan fingerprint density at radius 1 is 1.33 bits per heavy atom. The van der Waals surface area contributed by atoms with Crippen LogP contribution in [-0.2, 0) is 0 Å². The molecular weight excluding hydrogens is 156 g/mol. The summed E-state index contributed by atoms with van der Waals surface area (Å²) in [7, 11) is 0. The fourth-order valence-corrected chi connectivity index (χ4v) is 1.09. The quantitative estimate of drug-likeness (QED) is 0.621. The van der Waals surface area contributed by atoms with Gasteiger partial charge in [0.1, 0.15) is 5.58 Å². The van der Waals surface area contributed by atoms with Gasteiger partial charge in [0.2, 0.25) is 0 Å². The van der Waals surface area contributed by atoms with Gasteiger partial charge < -0.3 is 14.3 Å². The van der Waals surface area contributed by atoms with E-state index in [0.717, 1.165) is 5.39 Å². The molecule has 12 heavy (non-hydrogen) atoms. The second kappa shape index (κ2) is 2.37. The first kappa shape index (κ1) is 6.91. The molecule has 0 radical (unpaired) electrons. The molecule has 2 rings (SSSR count). The highest BCUT2D eigenvalue weighted by atomic mass is 16.4. The zero-order valence-corrected chi connectivity index (χ0v) is 6.11. The Morgan fingerprint density at radius 2 is 2.17 bits per heavy atom. The number of carboxylic acid groups (broad SMARTS) is 1. The molecule has 0 N–H and O–H groups in total. The van der Waals surface area contributed by atoms with Crippen molar-refractivity contribution in [3.8, 4) is 0 Å². The van der Waals surface area contributed by atoms with Crippen LogP contribution in [0.25, 0.3) is 11.0 Å².